The molecule has 0 radical (unpaired) electrons. The first-order chi connectivity index (χ1) is 16.9. The van der Waals surface area contributed by atoms with E-state index in [0.29, 0.717) is 42.5 Å². The lowest BCUT2D eigenvalue weighted by Crippen LogP contribution is -2.32. The predicted octanol–water partition coefficient (Wildman–Crippen LogP) is 4.76. The quantitative estimate of drug-likeness (QED) is 0.514. The van der Waals surface area contributed by atoms with Gasteiger partial charge in [0.15, 0.2) is 11.5 Å². The number of amides is 1. The molecule has 1 fully saturated rings. The molecular formula is C27H28N2O5S. The minimum absolute atomic E-state index is 0.0506. The number of fused-ring (bicyclic) bond motifs is 1. The van der Waals surface area contributed by atoms with Crippen molar-refractivity contribution in [3.8, 4) is 11.5 Å². The second kappa shape index (κ2) is 9.62. The van der Waals surface area contributed by atoms with Crippen molar-refractivity contribution in [1.82, 2.24) is 4.90 Å². The molecule has 0 spiro atoms. The fourth-order valence-corrected chi connectivity index (χ4v) is 5.09. The van der Waals surface area contributed by atoms with Crippen LogP contribution in [0.3, 0.4) is 0 Å². The molecule has 35 heavy (non-hydrogen) atoms. The van der Waals surface area contributed by atoms with Gasteiger partial charge in [0, 0.05) is 36.3 Å². The maximum atomic E-state index is 13.2. The molecule has 0 saturated heterocycles. The van der Waals surface area contributed by atoms with Crippen molar-refractivity contribution >= 4 is 21.6 Å². The van der Waals surface area contributed by atoms with Gasteiger partial charge in [0.05, 0.1) is 18.1 Å². The van der Waals surface area contributed by atoms with Crippen molar-refractivity contribution < 1.29 is 22.7 Å². The summed E-state index contributed by atoms with van der Waals surface area (Å²) in [5, 5.41) is 0. The minimum atomic E-state index is -3.84. The Morgan fingerprint density at radius 3 is 2.31 bits per heavy atom. The van der Waals surface area contributed by atoms with E-state index >= 15 is 0 Å². The van der Waals surface area contributed by atoms with Gasteiger partial charge in [-0.25, -0.2) is 8.42 Å². The van der Waals surface area contributed by atoms with E-state index in [4.69, 9.17) is 9.47 Å². The van der Waals surface area contributed by atoms with Gasteiger partial charge >= 0.3 is 0 Å². The largest absolute Gasteiger partial charge is 0.490 e. The number of rotatable bonds is 7. The number of hydrogen-bond acceptors (Lipinski definition) is 5. The van der Waals surface area contributed by atoms with Crippen molar-refractivity contribution in [3.05, 3.63) is 83.4 Å². The van der Waals surface area contributed by atoms with E-state index in [2.05, 4.69) is 29.0 Å². The Balaban J connectivity index is 1.29. The first kappa shape index (κ1) is 23.2. The lowest BCUT2D eigenvalue weighted by molar-refractivity contribution is 0.0730. The molecule has 5 rings (SSSR count). The maximum Gasteiger partial charge on any atom is 0.262 e. The second-order valence-electron chi connectivity index (χ2n) is 8.99. The minimum Gasteiger partial charge on any atom is -0.490 e. The zero-order valence-electron chi connectivity index (χ0n) is 19.6. The molecule has 182 valence electrons. The summed E-state index contributed by atoms with van der Waals surface area (Å²) in [4.78, 5) is 15.2. The topological polar surface area (TPSA) is 84.9 Å². The molecule has 2 aliphatic rings. The molecule has 8 heteroatoms. The van der Waals surface area contributed by atoms with Crippen molar-refractivity contribution in [2.75, 3.05) is 17.9 Å². The summed E-state index contributed by atoms with van der Waals surface area (Å²) < 4.78 is 39.7. The fraction of sp³-hybridized carbons (Fsp3) is 0.296. The maximum absolute atomic E-state index is 13.2. The highest BCUT2D eigenvalue weighted by Gasteiger charge is 2.33. The van der Waals surface area contributed by atoms with Crippen LogP contribution in [0.2, 0.25) is 0 Å². The Morgan fingerprint density at radius 2 is 1.63 bits per heavy atom. The van der Waals surface area contributed by atoms with Crippen molar-refractivity contribution in [2.45, 2.75) is 43.7 Å². The molecule has 0 aromatic heterocycles. The molecule has 0 unspecified atom stereocenters. The summed E-state index contributed by atoms with van der Waals surface area (Å²) in [6, 6.07) is 19.6. The van der Waals surface area contributed by atoms with Gasteiger partial charge in [-0.05, 0) is 61.7 Å². The number of nitrogens with one attached hydrogen (secondary N) is 1. The zero-order chi connectivity index (χ0) is 24.4. The third-order valence-corrected chi connectivity index (χ3v) is 7.51. The van der Waals surface area contributed by atoms with Crippen LogP contribution in [0.15, 0.2) is 71.6 Å². The number of ether oxygens (including phenoxy) is 2. The zero-order valence-corrected chi connectivity index (χ0v) is 20.4. The monoisotopic (exact) mass is 492 g/mol. The van der Waals surface area contributed by atoms with Crippen LogP contribution in [-0.2, 0) is 16.6 Å². The smallest absolute Gasteiger partial charge is 0.262 e. The third kappa shape index (κ3) is 5.43. The van der Waals surface area contributed by atoms with Crippen LogP contribution < -0.4 is 14.2 Å². The number of hydrogen-bond donors (Lipinski definition) is 1. The SMILES string of the molecule is Cc1ccc(CN(C(=O)c2ccc(NS(=O)(=O)c3ccc4c(c3)OCCCO4)cc2)C2CC2)cc1. The highest BCUT2D eigenvalue weighted by Crippen LogP contribution is 2.33. The molecular weight excluding hydrogens is 464 g/mol. The number of carbonyl (C=O) groups excluding carboxylic acids is 1. The van der Waals surface area contributed by atoms with Crippen LogP contribution >= 0.6 is 0 Å². The highest BCUT2D eigenvalue weighted by atomic mass is 32.2. The Hall–Kier alpha value is -3.52. The summed E-state index contributed by atoms with van der Waals surface area (Å²) >= 11 is 0. The van der Waals surface area contributed by atoms with E-state index in [1.54, 1.807) is 30.3 Å². The molecule has 0 bridgehead atoms. The molecule has 1 aliphatic heterocycles. The summed E-state index contributed by atoms with van der Waals surface area (Å²) in [5.41, 5.74) is 3.19. The molecule has 1 saturated carbocycles. The highest BCUT2D eigenvalue weighted by molar-refractivity contribution is 7.92. The van der Waals surface area contributed by atoms with Gasteiger partial charge < -0.3 is 14.4 Å². The molecule has 1 N–H and O–H groups in total. The molecule has 7 nitrogen and oxygen atoms in total. The molecule has 3 aromatic carbocycles. The lowest BCUT2D eigenvalue weighted by atomic mass is 10.1. The van der Waals surface area contributed by atoms with Gasteiger partial charge in [-0.1, -0.05) is 29.8 Å². The Labute approximate surface area is 205 Å². The summed E-state index contributed by atoms with van der Waals surface area (Å²) in [6.07, 6.45) is 2.75. The van der Waals surface area contributed by atoms with Crippen LogP contribution in [0.4, 0.5) is 5.69 Å². The Morgan fingerprint density at radius 1 is 0.943 bits per heavy atom. The number of sulfonamides is 1. The van der Waals surface area contributed by atoms with Gasteiger partial charge in [-0.15, -0.1) is 0 Å². The fourth-order valence-electron chi connectivity index (χ4n) is 4.01. The lowest BCUT2D eigenvalue weighted by Gasteiger charge is -2.23. The van der Waals surface area contributed by atoms with E-state index in [-0.39, 0.29) is 16.8 Å². The van der Waals surface area contributed by atoms with Crippen LogP contribution in [-0.4, -0.2) is 38.5 Å². The van der Waals surface area contributed by atoms with E-state index in [1.165, 1.54) is 17.7 Å². The van der Waals surface area contributed by atoms with Crippen molar-refractivity contribution in [2.24, 2.45) is 0 Å². The first-order valence-corrected chi connectivity index (χ1v) is 13.3. The summed E-state index contributed by atoms with van der Waals surface area (Å²) in [6.45, 7) is 3.60. The summed E-state index contributed by atoms with van der Waals surface area (Å²) in [5.74, 6) is 0.903. The van der Waals surface area contributed by atoms with Gasteiger partial charge in [0.2, 0.25) is 0 Å². The first-order valence-electron chi connectivity index (χ1n) is 11.8. The summed E-state index contributed by atoms with van der Waals surface area (Å²) in [7, 11) is -3.84. The van der Waals surface area contributed by atoms with E-state index < -0.39 is 10.0 Å². The van der Waals surface area contributed by atoms with Gasteiger partial charge in [0.25, 0.3) is 15.9 Å². The molecule has 1 amide bonds. The van der Waals surface area contributed by atoms with E-state index in [1.807, 2.05) is 11.8 Å². The Bertz CT molecular complexity index is 1320. The number of aryl methyl sites for hydroxylation is 1. The number of benzene rings is 3. The number of anilines is 1. The average Bonchev–Trinajstić information content (AvgIpc) is 3.70. The van der Waals surface area contributed by atoms with E-state index in [0.717, 1.165) is 24.8 Å². The standard InChI is InChI=1S/C27H28N2O5S/c1-19-3-5-20(6-4-19)18-29(23-11-12-23)27(30)21-7-9-22(10-8-21)28-35(31,32)24-13-14-25-26(17-24)34-16-2-15-33-25/h3-10,13-14,17,23,28H,2,11-12,15-16,18H2,1H3. The Kier molecular flexibility index (Phi) is 6.38. The number of nitrogens with zero attached hydrogens (tertiary/aromatic N) is 1. The average molecular weight is 493 g/mol. The normalized spacial score (nSPS) is 15.2. The third-order valence-electron chi connectivity index (χ3n) is 6.14. The van der Waals surface area contributed by atoms with Crippen molar-refractivity contribution in [1.29, 1.82) is 0 Å². The second-order valence-corrected chi connectivity index (χ2v) is 10.7. The van der Waals surface area contributed by atoms with Crippen LogP contribution in [0.5, 0.6) is 11.5 Å². The number of carbonyl (C=O) groups is 1. The van der Waals surface area contributed by atoms with Gasteiger partial charge in [-0.2, -0.15) is 0 Å². The van der Waals surface area contributed by atoms with Crippen LogP contribution in [0.1, 0.15) is 40.7 Å². The molecule has 1 heterocycles. The molecule has 1 aliphatic carbocycles. The van der Waals surface area contributed by atoms with Crippen LogP contribution in [0.25, 0.3) is 0 Å². The van der Waals surface area contributed by atoms with Gasteiger partial charge in [0.1, 0.15) is 0 Å². The molecule has 3 aromatic rings. The van der Waals surface area contributed by atoms with Crippen molar-refractivity contribution in [3.63, 3.8) is 0 Å². The van der Waals surface area contributed by atoms with Gasteiger partial charge in [-0.3, -0.25) is 9.52 Å². The molecule has 0 atom stereocenters. The predicted molar refractivity (Wildman–Crippen MR) is 133 cm³/mol. The van der Waals surface area contributed by atoms with E-state index in [9.17, 15) is 13.2 Å². The van der Waals surface area contributed by atoms with Crippen LogP contribution in [0, 0.1) is 6.92 Å².